The first-order valence-corrected chi connectivity index (χ1v) is 5.36. The predicted molar refractivity (Wildman–Crippen MR) is 60.7 cm³/mol. The van der Waals surface area contributed by atoms with Crippen molar-refractivity contribution in [2.75, 3.05) is 13.6 Å². The maximum atomic E-state index is 5.87. The SMILES string of the molecule is CN1C(N)=NCC12CCc1ccccc12. The molecule has 1 heterocycles. The molecule has 1 unspecified atom stereocenters. The van der Waals surface area contributed by atoms with Crippen LogP contribution in [0.3, 0.4) is 0 Å². The van der Waals surface area contributed by atoms with Gasteiger partial charge in [-0.2, -0.15) is 0 Å². The number of hydrogen-bond donors (Lipinski definition) is 1. The van der Waals surface area contributed by atoms with Crippen LogP contribution < -0.4 is 5.73 Å². The van der Waals surface area contributed by atoms with Gasteiger partial charge in [0.15, 0.2) is 5.96 Å². The summed E-state index contributed by atoms with van der Waals surface area (Å²) in [6, 6.07) is 8.64. The Morgan fingerprint density at radius 2 is 2.20 bits per heavy atom. The Bertz CT molecular complexity index is 438. The van der Waals surface area contributed by atoms with E-state index in [0.717, 1.165) is 19.4 Å². The molecule has 1 spiro atoms. The van der Waals surface area contributed by atoms with Crippen molar-refractivity contribution in [1.29, 1.82) is 0 Å². The number of guanidine groups is 1. The van der Waals surface area contributed by atoms with E-state index in [4.69, 9.17) is 5.73 Å². The largest absolute Gasteiger partial charge is 0.370 e. The second-order valence-corrected chi connectivity index (χ2v) is 4.42. The zero-order chi connectivity index (χ0) is 10.5. The van der Waals surface area contributed by atoms with Crippen LogP contribution >= 0.6 is 0 Å². The van der Waals surface area contributed by atoms with E-state index in [0.29, 0.717) is 5.96 Å². The molecule has 0 fully saturated rings. The minimum atomic E-state index is 0.0562. The Labute approximate surface area is 89.6 Å². The molecule has 1 aliphatic carbocycles. The molecule has 3 nitrogen and oxygen atoms in total. The summed E-state index contributed by atoms with van der Waals surface area (Å²) in [6.45, 7) is 0.812. The summed E-state index contributed by atoms with van der Waals surface area (Å²) in [5.74, 6) is 0.673. The fourth-order valence-corrected chi connectivity index (χ4v) is 2.82. The highest BCUT2D eigenvalue weighted by atomic mass is 15.3. The normalized spacial score (nSPS) is 28.3. The van der Waals surface area contributed by atoms with Crippen LogP contribution in [0.1, 0.15) is 17.5 Å². The molecule has 3 heteroatoms. The van der Waals surface area contributed by atoms with Crippen molar-refractivity contribution >= 4 is 5.96 Å². The van der Waals surface area contributed by atoms with Gasteiger partial charge in [0, 0.05) is 7.05 Å². The van der Waals surface area contributed by atoms with E-state index in [1.165, 1.54) is 11.1 Å². The summed E-state index contributed by atoms with van der Waals surface area (Å²) >= 11 is 0. The summed E-state index contributed by atoms with van der Waals surface area (Å²) in [5.41, 5.74) is 8.79. The van der Waals surface area contributed by atoms with Gasteiger partial charge in [-0.3, -0.25) is 4.99 Å². The zero-order valence-electron chi connectivity index (χ0n) is 8.90. The van der Waals surface area contributed by atoms with Crippen molar-refractivity contribution in [3.05, 3.63) is 35.4 Å². The standard InChI is InChI=1S/C12H15N3/c1-15-11(13)14-8-12(15)7-6-9-4-2-3-5-10(9)12/h2-5H,6-8H2,1H3,(H2,13,14). The van der Waals surface area contributed by atoms with Gasteiger partial charge in [-0.05, 0) is 24.0 Å². The first kappa shape index (κ1) is 8.77. The van der Waals surface area contributed by atoms with Gasteiger partial charge >= 0.3 is 0 Å². The molecule has 0 radical (unpaired) electrons. The Hall–Kier alpha value is -1.51. The van der Waals surface area contributed by atoms with Crippen LogP contribution in [0.4, 0.5) is 0 Å². The summed E-state index contributed by atoms with van der Waals surface area (Å²) < 4.78 is 0. The molecule has 0 saturated heterocycles. The van der Waals surface area contributed by atoms with Crippen LogP contribution in [0.15, 0.2) is 29.3 Å². The summed E-state index contributed by atoms with van der Waals surface area (Å²) in [4.78, 5) is 6.51. The van der Waals surface area contributed by atoms with Crippen molar-refractivity contribution in [3.63, 3.8) is 0 Å². The van der Waals surface area contributed by atoms with Gasteiger partial charge in [-0.1, -0.05) is 24.3 Å². The molecule has 1 aromatic rings. The molecule has 2 N–H and O–H groups in total. The van der Waals surface area contributed by atoms with E-state index in [2.05, 4.69) is 34.2 Å². The second kappa shape index (κ2) is 2.75. The van der Waals surface area contributed by atoms with Gasteiger partial charge in [-0.25, -0.2) is 0 Å². The van der Waals surface area contributed by atoms with Crippen molar-refractivity contribution in [3.8, 4) is 0 Å². The average molecular weight is 201 g/mol. The van der Waals surface area contributed by atoms with Gasteiger partial charge in [0.25, 0.3) is 0 Å². The van der Waals surface area contributed by atoms with Gasteiger partial charge in [-0.15, -0.1) is 0 Å². The predicted octanol–water partition coefficient (Wildman–Crippen LogP) is 1.09. The summed E-state index contributed by atoms with van der Waals surface area (Å²) in [6.07, 6.45) is 2.27. The highest BCUT2D eigenvalue weighted by molar-refractivity contribution is 5.81. The molecule has 0 amide bonds. The number of aryl methyl sites for hydroxylation is 1. The maximum Gasteiger partial charge on any atom is 0.191 e. The Morgan fingerprint density at radius 3 is 2.93 bits per heavy atom. The monoisotopic (exact) mass is 201 g/mol. The lowest BCUT2D eigenvalue weighted by Crippen LogP contribution is -2.45. The number of fused-ring (bicyclic) bond motifs is 2. The smallest absolute Gasteiger partial charge is 0.191 e. The number of nitrogens with zero attached hydrogens (tertiary/aromatic N) is 2. The van der Waals surface area contributed by atoms with Crippen molar-refractivity contribution in [2.24, 2.45) is 10.7 Å². The van der Waals surface area contributed by atoms with E-state index >= 15 is 0 Å². The van der Waals surface area contributed by atoms with Gasteiger partial charge in [0.1, 0.15) is 0 Å². The first-order valence-electron chi connectivity index (χ1n) is 5.36. The molecule has 1 atom stereocenters. The molecule has 2 aliphatic rings. The van der Waals surface area contributed by atoms with Gasteiger partial charge in [0.05, 0.1) is 12.1 Å². The fourth-order valence-electron chi connectivity index (χ4n) is 2.82. The first-order chi connectivity index (χ1) is 7.24. The van der Waals surface area contributed by atoms with Crippen LogP contribution in [0.5, 0.6) is 0 Å². The third-order valence-corrected chi connectivity index (χ3v) is 3.81. The number of aliphatic imine (C=N–C) groups is 1. The maximum absolute atomic E-state index is 5.87. The van der Waals surface area contributed by atoms with E-state index in [1.807, 2.05) is 7.05 Å². The number of hydrogen-bond acceptors (Lipinski definition) is 3. The van der Waals surface area contributed by atoms with Crippen LogP contribution in [-0.2, 0) is 12.0 Å². The molecule has 0 saturated carbocycles. The lowest BCUT2D eigenvalue weighted by atomic mass is 9.91. The number of rotatable bonds is 0. The Balaban J connectivity index is 2.11. The number of nitrogens with two attached hydrogens (primary N) is 1. The van der Waals surface area contributed by atoms with Crippen LogP contribution in [0, 0.1) is 0 Å². The topological polar surface area (TPSA) is 41.6 Å². The Morgan fingerprint density at radius 1 is 1.40 bits per heavy atom. The lowest BCUT2D eigenvalue weighted by molar-refractivity contribution is 0.239. The second-order valence-electron chi connectivity index (χ2n) is 4.42. The highest BCUT2D eigenvalue weighted by Gasteiger charge is 2.45. The number of likely N-dealkylation sites (N-methyl/N-ethyl adjacent to an activating group) is 1. The van der Waals surface area contributed by atoms with E-state index in [9.17, 15) is 0 Å². The minimum Gasteiger partial charge on any atom is -0.370 e. The third kappa shape index (κ3) is 0.978. The minimum absolute atomic E-state index is 0.0562. The van der Waals surface area contributed by atoms with E-state index in [-0.39, 0.29) is 5.54 Å². The molecular weight excluding hydrogens is 186 g/mol. The zero-order valence-corrected chi connectivity index (χ0v) is 8.90. The summed E-state index contributed by atoms with van der Waals surface area (Å²) in [7, 11) is 2.05. The van der Waals surface area contributed by atoms with Crippen LogP contribution in [0.25, 0.3) is 0 Å². The molecular formula is C12H15N3. The third-order valence-electron chi connectivity index (χ3n) is 3.81. The molecule has 1 aliphatic heterocycles. The highest BCUT2D eigenvalue weighted by Crippen LogP contribution is 2.43. The van der Waals surface area contributed by atoms with E-state index in [1.54, 1.807) is 0 Å². The molecule has 3 rings (SSSR count). The molecule has 1 aromatic carbocycles. The lowest BCUT2D eigenvalue weighted by Gasteiger charge is -2.33. The Kier molecular flexibility index (Phi) is 1.61. The fraction of sp³-hybridized carbons (Fsp3) is 0.417. The molecule has 0 bridgehead atoms. The van der Waals surface area contributed by atoms with Crippen molar-refractivity contribution < 1.29 is 0 Å². The van der Waals surface area contributed by atoms with Gasteiger partial charge < -0.3 is 10.6 Å². The molecule has 15 heavy (non-hydrogen) atoms. The molecule has 0 aromatic heterocycles. The summed E-state index contributed by atoms with van der Waals surface area (Å²) in [5, 5.41) is 0. The van der Waals surface area contributed by atoms with Gasteiger partial charge in [0.2, 0.25) is 0 Å². The van der Waals surface area contributed by atoms with Crippen molar-refractivity contribution in [1.82, 2.24) is 4.90 Å². The van der Waals surface area contributed by atoms with Crippen molar-refractivity contribution in [2.45, 2.75) is 18.4 Å². The average Bonchev–Trinajstić information content (AvgIpc) is 2.77. The quantitative estimate of drug-likeness (QED) is 0.682. The van der Waals surface area contributed by atoms with Crippen LogP contribution in [-0.4, -0.2) is 24.5 Å². The molecule has 78 valence electrons. The van der Waals surface area contributed by atoms with E-state index < -0.39 is 0 Å². The van der Waals surface area contributed by atoms with Crippen LogP contribution in [0.2, 0.25) is 0 Å². The number of benzene rings is 1.